The molecule has 3 nitrogen and oxygen atoms in total. The van der Waals surface area contributed by atoms with Gasteiger partial charge in [-0.25, -0.2) is 4.39 Å². The highest BCUT2D eigenvalue weighted by molar-refractivity contribution is 6.30. The van der Waals surface area contributed by atoms with Crippen LogP contribution in [0.15, 0.2) is 24.3 Å². The summed E-state index contributed by atoms with van der Waals surface area (Å²) in [6, 6.07) is 4.10. The zero-order valence-electron chi connectivity index (χ0n) is 14.8. The number of hydrogen-bond donors (Lipinski definition) is 2. The van der Waals surface area contributed by atoms with Gasteiger partial charge in [-0.15, -0.1) is 0 Å². The minimum absolute atomic E-state index is 0.149. The fraction of sp³-hybridized carbons (Fsp3) is 0.316. The zero-order chi connectivity index (χ0) is 20.5. The number of aliphatic carboxylic acids is 1. The summed E-state index contributed by atoms with van der Waals surface area (Å²) in [5, 5.41) is 12.0. The van der Waals surface area contributed by atoms with Crippen molar-refractivity contribution in [1.29, 1.82) is 0 Å². The lowest BCUT2D eigenvalue weighted by molar-refractivity contribution is -0.140. The monoisotopic (exact) mass is 403 g/mol. The van der Waals surface area contributed by atoms with Crippen molar-refractivity contribution in [3.8, 4) is 11.1 Å². The lowest BCUT2D eigenvalue weighted by Crippen LogP contribution is -2.23. The minimum atomic E-state index is -4.93. The lowest BCUT2D eigenvalue weighted by Gasteiger charge is -2.21. The van der Waals surface area contributed by atoms with Crippen molar-refractivity contribution in [2.75, 3.05) is 7.05 Å². The van der Waals surface area contributed by atoms with E-state index in [-0.39, 0.29) is 11.1 Å². The first kappa shape index (κ1) is 21.2. The number of nitrogens with one attached hydrogen (secondary N) is 1. The molecule has 1 unspecified atom stereocenters. The molecule has 0 spiro atoms. The lowest BCUT2D eigenvalue weighted by atomic mass is 9.90. The van der Waals surface area contributed by atoms with Crippen LogP contribution in [-0.2, 0) is 11.0 Å². The van der Waals surface area contributed by atoms with Gasteiger partial charge in [-0.05, 0) is 67.4 Å². The summed E-state index contributed by atoms with van der Waals surface area (Å²) in [5.41, 5.74) is 0.120. The Bertz CT molecular complexity index is 858. The van der Waals surface area contributed by atoms with Crippen LogP contribution in [0.25, 0.3) is 11.1 Å². The van der Waals surface area contributed by atoms with Gasteiger partial charge in [0.1, 0.15) is 5.82 Å². The molecule has 0 amide bonds. The van der Waals surface area contributed by atoms with Crippen molar-refractivity contribution < 1.29 is 27.5 Å². The van der Waals surface area contributed by atoms with Crippen molar-refractivity contribution in [3.05, 3.63) is 57.4 Å². The summed E-state index contributed by atoms with van der Waals surface area (Å²) in [6.45, 7) is 3.38. The van der Waals surface area contributed by atoms with Gasteiger partial charge in [0.15, 0.2) is 0 Å². The molecule has 0 saturated heterocycles. The van der Waals surface area contributed by atoms with E-state index in [0.29, 0.717) is 21.7 Å². The third-order valence-electron chi connectivity index (χ3n) is 4.29. The molecule has 0 aromatic heterocycles. The molecule has 27 heavy (non-hydrogen) atoms. The van der Waals surface area contributed by atoms with Crippen LogP contribution < -0.4 is 5.32 Å². The third kappa shape index (κ3) is 4.59. The molecule has 0 aliphatic carbocycles. The van der Waals surface area contributed by atoms with Crippen LogP contribution >= 0.6 is 11.6 Å². The van der Waals surface area contributed by atoms with E-state index in [0.717, 1.165) is 6.07 Å². The van der Waals surface area contributed by atoms with Crippen molar-refractivity contribution in [3.63, 3.8) is 0 Å². The van der Waals surface area contributed by atoms with Gasteiger partial charge in [0.25, 0.3) is 0 Å². The molecule has 0 heterocycles. The molecule has 0 bridgehead atoms. The van der Waals surface area contributed by atoms with Gasteiger partial charge in [-0.1, -0.05) is 11.6 Å². The topological polar surface area (TPSA) is 49.3 Å². The van der Waals surface area contributed by atoms with Crippen molar-refractivity contribution in [1.82, 2.24) is 5.32 Å². The van der Waals surface area contributed by atoms with Gasteiger partial charge in [0, 0.05) is 16.6 Å². The largest absolute Gasteiger partial charge is 0.481 e. The Morgan fingerprint density at radius 1 is 1.19 bits per heavy atom. The molecular weight excluding hydrogens is 386 g/mol. The first-order chi connectivity index (χ1) is 12.5. The summed E-state index contributed by atoms with van der Waals surface area (Å²) >= 11 is 5.98. The van der Waals surface area contributed by atoms with E-state index >= 15 is 0 Å². The number of benzene rings is 2. The fourth-order valence-electron chi connectivity index (χ4n) is 3.16. The summed E-state index contributed by atoms with van der Waals surface area (Å²) in [5.74, 6) is -2.73. The molecule has 0 fully saturated rings. The second kappa shape index (κ2) is 7.86. The smallest absolute Gasteiger partial charge is 0.419 e. The van der Waals surface area contributed by atoms with Crippen molar-refractivity contribution >= 4 is 17.6 Å². The number of alkyl halides is 3. The predicted octanol–water partition coefficient (Wildman–Crippen LogP) is 5.52. The van der Waals surface area contributed by atoms with Crippen LogP contribution in [0.1, 0.15) is 34.7 Å². The highest BCUT2D eigenvalue weighted by Crippen LogP contribution is 2.40. The van der Waals surface area contributed by atoms with Crippen molar-refractivity contribution in [2.24, 2.45) is 0 Å². The molecule has 146 valence electrons. The van der Waals surface area contributed by atoms with E-state index in [1.54, 1.807) is 26.0 Å². The Hall–Kier alpha value is -2.12. The number of halogens is 5. The van der Waals surface area contributed by atoms with E-state index in [2.05, 4.69) is 5.32 Å². The summed E-state index contributed by atoms with van der Waals surface area (Å²) in [4.78, 5) is 11.0. The summed E-state index contributed by atoms with van der Waals surface area (Å²) in [6.07, 6.45) is -5.49. The highest BCUT2D eigenvalue weighted by atomic mass is 35.5. The zero-order valence-corrected chi connectivity index (χ0v) is 15.6. The quantitative estimate of drug-likeness (QED) is 0.646. The molecule has 0 saturated carbocycles. The van der Waals surface area contributed by atoms with Gasteiger partial charge < -0.3 is 10.4 Å². The minimum Gasteiger partial charge on any atom is -0.481 e. The van der Waals surface area contributed by atoms with Gasteiger partial charge in [0.2, 0.25) is 0 Å². The molecule has 0 radical (unpaired) electrons. The maximum Gasteiger partial charge on any atom is 0.419 e. The summed E-state index contributed by atoms with van der Waals surface area (Å²) in [7, 11) is 1.37. The number of hydrogen-bond acceptors (Lipinski definition) is 2. The van der Waals surface area contributed by atoms with E-state index in [1.807, 2.05) is 0 Å². The predicted molar refractivity (Wildman–Crippen MR) is 95.4 cm³/mol. The standard InChI is InChI=1S/C19H18ClF4NO2/c1-9-4-12(20)5-10(2)17(9)11-6-13(15(25-3)8-16(26)27)18(21)14(7-11)19(22,23)24/h4-7,15,25H,8H2,1-3H3,(H,26,27). The van der Waals surface area contributed by atoms with Gasteiger partial charge in [-0.2, -0.15) is 13.2 Å². The van der Waals surface area contributed by atoms with Crippen molar-refractivity contribution in [2.45, 2.75) is 32.5 Å². The van der Waals surface area contributed by atoms with Gasteiger partial charge in [0.05, 0.1) is 12.0 Å². The molecule has 0 aliphatic heterocycles. The Morgan fingerprint density at radius 3 is 2.19 bits per heavy atom. The maximum absolute atomic E-state index is 14.6. The number of carboxylic acid groups (broad SMARTS) is 1. The number of carboxylic acids is 1. The van der Waals surface area contributed by atoms with Crippen LogP contribution in [0.2, 0.25) is 5.02 Å². The Balaban J connectivity index is 2.80. The van der Waals surface area contributed by atoms with Crippen LogP contribution in [0.4, 0.5) is 17.6 Å². The average Bonchev–Trinajstić information content (AvgIpc) is 2.51. The fourth-order valence-corrected chi connectivity index (χ4v) is 3.49. The Kier molecular flexibility index (Phi) is 6.17. The molecule has 8 heteroatoms. The molecule has 2 aromatic rings. The van der Waals surface area contributed by atoms with Crippen LogP contribution in [0.3, 0.4) is 0 Å². The number of aryl methyl sites for hydroxylation is 2. The highest BCUT2D eigenvalue weighted by Gasteiger charge is 2.37. The number of carbonyl (C=O) groups is 1. The average molecular weight is 404 g/mol. The van der Waals surface area contributed by atoms with E-state index < -0.39 is 36.0 Å². The number of rotatable bonds is 5. The van der Waals surface area contributed by atoms with Gasteiger partial charge >= 0.3 is 12.1 Å². The van der Waals surface area contributed by atoms with E-state index in [1.165, 1.54) is 13.1 Å². The van der Waals surface area contributed by atoms with E-state index in [9.17, 15) is 22.4 Å². The first-order valence-corrected chi connectivity index (χ1v) is 8.40. The Labute approximate surface area is 159 Å². The SMILES string of the molecule is CNC(CC(=O)O)c1cc(-c2c(C)cc(Cl)cc2C)cc(C(F)(F)F)c1F. The molecule has 2 aromatic carbocycles. The second-order valence-corrected chi connectivity index (χ2v) is 6.71. The maximum atomic E-state index is 14.6. The molecule has 2 N–H and O–H groups in total. The molecular formula is C19H18ClF4NO2. The normalized spacial score (nSPS) is 12.9. The van der Waals surface area contributed by atoms with E-state index in [4.69, 9.17) is 16.7 Å². The van der Waals surface area contributed by atoms with Crippen LogP contribution in [0.5, 0.6) is 0 Å². The van der Waals surface area contributed by atoms with Crippen LogP contribution in [-0.4, -0.2) is 18.1 Å². The second-order valence-electron chi connectivity index (χ2n) is 6.28. The molecule has 2 rings (SSSR count). The molecule has 1 atom stereocenters. The third-order valence-corrected chi connectivity index (χ3v) is 4.51. The van der Waals surface area contributed by atoms with Gasteiger partial charge in [-0.3, -0.25) is 4.79 Å². The van der Waals surface area contributed by atoms with Crippen LogP contribution in [0, 0.1) is 19.7 Å². The molecule has 0 aliphatic rings. The first-order valence-electron chi connectivity index (χ1n) is 8.02. The summed E-state index contributed by atoms with van der Waals surface area (Å²) < 4.78 is 54.9. The Morgan fingerprint density at radius 2 is 1.74 bits per heavy atom.